The third kappa shape index (κ3) is 3.41. The van der Waals surface area contributed by atoms with Gasteiger partial charge in [-0.25, -0.2) is 4.39 Å². The van der Waals surface area contributed by atoms with E-state index in [9.17, 15) is 14.3 Å². The molecule has 24 heavy (non-hydrogen) atoms. The van der Waals surface area contributed by atoms with Crippen molar-refractivity contribution in [1.82, 2.24) is 4.90 Å². The predicted molar refractivity (Wildman–Crippen MR) is 89.5 cm³/mol. The lowest BCUT2D eigenvalue weighted by Crippen LogP contribution is -2.42. The number of aliphatic hydroxyl groups excluding tert-OH is 1. The first kappa shape index (κ1) is 16.5. The first-order chi connectivity index (χ1) is 11.6. The second-order valence-electron chi connectivity index (χ2n) is 5.97. The Morgan fingerprint density at radius 2 is 2.12 bits per heavy atom. The Kier molecular flexibility index (Phi) is 4.81. The van der Waals surface area contributed by atoms with Crippen molar-refractivity contribution in [3.8, 4) is 16.9 Å². The third-order valence-corrected chi connectivity index (χ3v) is 4.28. The Morgan fingerprint density at radius 3 is 2.83 bits per heavy atom. The van der Waals surface area contributed by atoms with Crippen molar-refractivity contribution in [1.29, 1.82) is 0 Å². The van der Waals surface area contributed by atoms with Crippen molar-refractivity contribution < 1.29 is 19.0 Å². The minimum Gasteiger partial charge on any atom is -0.497 e. The van der Waals surface area contributed by atoms with Crippen LogP contribution in [0.4, 0.5) is 4.39 Å². The van der Waals surface area contributed by atoms with Crippen molar-refractivity contribution >= 4 is 5.91 Å². The number of halogens is 1. The number of carbonyl (C=O) groups is 1. The fraction of sp³-hybridized carbons (Fsp3) is 0.316. The molecule has 1 aliphatic rings. The van der Waals surface area contributed by atoms with Gasteiger partial charge >= 0.3 is 0 Å². The number of rotatable bonds is 3. The molecule has 0 aromatic heterocycles. The highest BCUT2D eigenvalue weighted by molar-refractivity contribution is 5.95. The van der Waals surface area contributed by atoms with Crippen LogP contribution in [0.3, 0.4) is 0 Å². The molecule has 4 nitrogen and oxygen atoms in total. The number of carbonyl (C=O) groups excluding carboxylic acids is 1. The van der Waals surface area contributed by atoms with Gasteiger partial charge in [-0.05, 0) is 42.7 Å². The third-order valence-electron chi connectivity index (χ3n) is 4.28. The van der Waals surface area contributed by atoms with Crippen LogP contribution in [0, 0.1) is 5.82 Å². The minimum absolute atomic E-state index is 0.135. The van der Waals surface area contributed by atoms with E-state index in [2.05, 4.69) is 0 Å². The van der Waals surface area contributed by atoms with Gasteiger partial charge in [-0.15, -0.1) is 0 Å². The van der Waals surface area contributed by atoms with E-state index in [1.165, 1.54) is 13.2 Å². The molecule has 0 bridgehead atoms. The molecule has 2 aromatic rings. The Hall–Kier alpha value is -2.40. The number of amides is 1. The number of hydrogen-bond donors (Lipinski definition) is 1. The van der Waals surface area contributed by atoms with Gasteiger partial charge in [0, 0.05) is 30.3 Å². The number of piperidine rings is 1. The Labute approximate surface area is 140 Å². The largest absolute Gasteiger partial charge is 0.497 e. The molecule has 3 rings (SSSR count). The zero-order valence-corrected chi connectivity index (χ0v) is 13.5. The highest BCUT2D eigenvalue weighted by Gasteiger charge is 2.23. The molecule has 0 aliphatic carbocycles. The van der Waals surface area contributed by atoms with E-state index >= 15 is 0 Å². The van der Waals surface area contributed by atoms with Crippen LogP contribution in [0.5, 0.6) is 5.75 Å². The molecule has 2 aromatic carbocycles. The fourth-order valence-electron chi connectivity index (χ4n) is 3.00. The molecule has 1 saturated heterocycles. The van der Waals surface area contributed by atoms with Crippen molar-refractivity contribution in [3.63, 3.8) is 0 Å². The van der Waals surface area contributed by atoms with E-state index in [1.54, 1.807) is 41.3 Å². The van der Waals surface area contributed by atoms with Crippen LogP contribution in [0.15, 0.2) is 42.5 Å². The topological polar surface area (TPSA) is 49.8 Å². The van der Waals surface area contributed by atoms with Crippen molar-refractivity contribution in [2.24, 2.45) is 0 Å². The summed E-state index contributed by atoms with van der Waals surface area (Å²) in [5.41, 5.74) is 1.56. The van der Waals surface area contributed by atoms with Gasteiger partial charge in [0.1, 0.15) is 11.6 Å². The number of ether oxygens (including phenoxy) is 1. The molecule has 1 N–H and O–H groups in total. The lowest BCUT2D eigenvalue weighted by molar-refractivity contribution is 0.0474. The molecule has 126 valence electrons. The van der Waals surface area contributed by atoms with E-state index in [4.69, 9.17) is 4.74 Å². The Balaban J connectivity index is 1.87. The van der Waals surface area contributed by atoms with Gasteiger partial charge < -0.3 is 14.7 Å². The fourth-order valence-corrected chi connectivity index (χ4v) is 3.00. The number of likely N-dealkylation sites (tertiary alicyclic amines) is 1. The summed E-state index contributed by atoms with van der Waals surface area (Å²) >= 11 is 0. The van der Waals surface area contributed by atoms with E-state index in [0.29, 0.717) is 35.5 Å². The van der Waals surface area contributed by atoms with E-state index in [1.807, 2.05) is 0 Å². The van der Waals surface area contributed by atoms with Crippen LogP contribution in [-0.2, 0) is 0 Å². The predicted octanol–water partition coefficient (Wildman–Crippen LogP) is 3.10. The van der Waals surface area contributed by atoms with Crippen LogP contribution in [0.2, 0.25) is 0 Å². The second-order valence-corrected chi connectivity index (χ2v) is 5.97. The lowest BCUT2D eigenvalue weighted by atomic mass is 10.0. The van der Waals surface area contributed by atoms with E-state index in [-0.39, 0.29) is 5.91 Å². The van der Waals surface area contributed by atoms with Gasteiger partial charge in [0.25, 0.3) is 5.91 Å². The molecular weight excluding hydrogens is 309 g/mol. The molecule has 1 fully saturated rings. The first-order valence-electron chi connectivity index (χ1n) is 8.00. The van der Waals surface area contributed by atoms with Gasteiger partial charge in [0.05, 0.1) is 13.2 Å². The monoisotopic (exact) mass is 329 g/mol. The quantitative estimate of drug-likeness (QED) is 0.941. The van der Waals surface area contributed by atoms with Gasteiger partial charge in [0.2, 0.25) is 0 Å². The summed E-state index contributed by atoms with van der Waals surface area (Å²) in [4.78, 5) is 14.3. The number of benzene rings is 2. The molecule has 1 heterocycles. The molecule has 1 atom stereocenters. The number of aliphatic hydroxyl groups is 1. The van der Waals surface area contributed by atoms with Crippen LogP contribution < -0.4 is 4.74 Å². The Bertz CT molecular complexity index is 747. The molecule has 1 unspecified atom stereocenters. The summed E-state index contributed by atoms with van der Waals surface area (Å²) in [6.45, 7) is 0.983. The maximum atomic E-state index is 14.3. The molecular formula is C19H20FNO3. The Morgan fingerprint density at radius 1 is 1.29 bits per heavy atom. The maximum absolute atomic E-state index is 14.3. The summed E-state index contributed by atoms with van der Waals surface area (Å²) in [5.74, 6) is -0.0809. The van der Waals surface area contributed by atoms with Crippen LogP contribution in [0.25, 0.3) is 11.1 Å². The summed E-state index contributed by atoms with van der Waals surface area (Å²) in [7, 11) is 1.49. The normalized spacial score (nSPS) is 17.6. The highest BCUT2D eigenvalue weighted by atomic mass is 19.1. The minimum atomic E-state index is -0.468. The maximum Gasteiger partial charge on any atom is 0.253 e. The average molecular weight is 329 g/mol. The number of methoxy groups -OCH3 is 1. The molecule has 0 spiro atoms. The first-order valence-corrected chi connectivity index (χ1v) is 8.00. The van der Waals surface area contributed by atoms with Gasteiger partial charge in [-0.3, -0.25) is 4.79 Å². The van der Waals surface area contributed by atoms with E-state index < -0.39 is 11.9 Å². The van der Waals surface area contributed by atoms with Crippen LogP contribution in [-0.4, -0.2) is 42.2 Å². The number of hydrogen-bond acceptors (Lipinski definition) is 3. The zero-order chi connectivity index (χ0) is 17.1. The van der Waals surface area contributed by atoms with Crippen LogP contribution in [0.1, 0.15) is 23.2 Å². The summed E-state index contributed by atoms with van der Waals surface area (Å²) in [6.07, 6.45) is 1.05. The van der Waals surface area contributed by atoms with E-state index in [0.717, 1.165) is 12.8 Å². The zero-order valence-electron chi connectivity index (χ0n) is 13.5. The molecule has 0 saturated carbocycles. The molecule has 1 amide bonds. The van der Waals surface area contributed by atoms with Crippen molar-refractivity contribution in [3.05, 3.63) is 53.8 Å². The van der Waals surface area contributed by atoms with Crippen molar-refractivity contribution in [2.45, 2.75) is 18.9 Å². The highest BCUT2D eigenvalue weighted by Crippen LogP contribution is 2.27. The van der Waals surface area contributed by atoms with Crippen molar-refractivity contribution in [2.75, 3.05) is 20.2 Å². The summed E-state index contributed by atoms with van der Waals surface area (Å²) in [5, 5.41) is 9.74. The summed E-state index contributed by atoms with van der Waals surface area (Å²) < 4.78 is 19.3. The average Bonchev–Trinajstić information content (AvgIpc) is 2.61. The lowest BCUT2D eigenvalue weighted by Gasteiger charge is -2.30. The standard InChI is InChI=1S/C19H20FNO3/c1-24-16-7-8-17(18(20)11-16)13-4-2-5-14(10-13)19(23)21-9-3-6-15(22)12-21/h2,4-5,7-8,10-11,15,22H,3,6,9,12H2,1H3. The number of nitrogens with zero attached hydrogens (tertiary/aromatic N) is 1. The second kappa shape index (κ2) is 7.01. The van der Waals surface area contributed by atoms with Gasteiger partial charge in [0.15, 0.2) is 0 Å². The smallest absolute Gasteiger partial charge is 0.253 e. The van der Waals surface area contributed by atoms with Gasteiger partial charge in [-0.1, -0.05) is 12.1 Å². The SMILES string of the molecule is COc1ccc(-c2cccc(C(=O)N3CCCC(O)C3)c2)c(F)c1. The van der Waals surface area contributed by atoms with Gasteiger partial charge in [-0.2, -0.15) is 0 Å². The molecule has 5 heteroatoms. The molecule has 0 radical (unpaired) electrons. The number of β-amino-alcohol motifs (C(OH)–C–C–N with tert-alkyl or cyclic N) is 1. The molecule has 1 aliphatic heterocycles. The van der Waals surface area contributed by atoms with Crippen LogP contribution >= 0.6 is 0 Å². The summed E-state index contributed by atoms with van der Waals surface area (Å²) in [6, 6.07) is 11.6.